The van der Waals surface area contributed by atoms with E-state index in [1.54, 1.807) is 18.2 Å². The minimum Gasteiger partial charge on any atom is -0.493 e. The lowest BCUT2D eigenvalue weighted by atomic mass is 10.1. The van der Waals surface area contributed by atoms with E-state index in [4.69, 9.17) is 15.2 Å². The minimum absolute atomic E-state index is 0.264. The van der Waals surface area contributed by atoms with Crippen LogP contribution in [0.2, 0.25) is 0 Å². The first-order chi connectivity index (χ1) is 11.4. The van der Waals surface area contributed by atoms with Gasteiger partial charge in [0.1, 0.15) is 0 Å². The van der Waals surface area contributed by atoms with Crippen LogP contribution in [0.3, 0.4) is 0 Å². The van der Waals surface area contributed by atoms with Crippen LogP contribution in [-0.2, 0) is 4.79 Å². The molecule has 0 fully saturated rings. The highest BCUT2D eigenvalue weighted by molar-refractivity contribution is 9.10. The summed E-state index contributed by atoms with van der Waals surface area (Å²) in [5, 5.41) is 2.84. The quantitative estimate of drug-likeness (QED) is 0.790. The number of rotatable bonds is 6. The number of hydrogen-bond acceptors (Lipinski definition) is 4. The van der Waals surface area contributed by atoms with E-state index in [1.807, 2.05) is 25.1 Å². The molecule has 2 amide bonds. The van der Waals surface area contributed by atoms with Gasteiger partial charge in [0.25, 0.3) is 11.8 Å². The molecule has 0 aliphatic heterocycles. The molecular weight excluding hydrogens is 376 g/mol. The average molecular weight is 393 g/mol. The van der Waals surface area contributed by atoms with Gasteiger partial charge in [-0.25, -0.2) is 0 Å². The first-order valence-corrected chi connectivity index (χ1v) is 7.86. The normalized spacial score (nSPS) is 10.1. The molecule has 6 nitrogen and oxygen atoms in total. The Balaban J connectivity index is 2.18. The predicted octanol–water partition coefficient (Wildman–Crippen LogP) is 2.88. The van der Waals surface area contributed by atoms with Crippen LogP contribution >= 0.6 is 15.9 Å². The second-order valence-corrected chi connectivity index (χ2v) is 5.95. The van der Waals surface area contributed by atoms with Gasteiger partial charge in [0.15, 0.2) is 18.1 Å². The van der Waals surface area contributed by atoms with E-state index in [1.165, 1.54) is 7.11 Å². The molecule has 0 unspecified atom stereocenters. The first-order valence-electron chi connectivity index (χ1n) is 7.07. The van der Waals surface area contributed by atoms with Crippen molar-refractivity contribution < 1.29 is 19.1 Å². The van der Waals surface area contributed by atoms with E-state index in [0.29, 0.717) is 17.1 Å². The maximum Gasteiger partial charge on any atom is 0.255 e. The van der Waals surface area contributed by atoms with Crippen LogP contribution in [0.1, 0.15) is 15.9 Å². The van der Waals surface area contributed by atoms with Crippen molar-refractivity contribution in [3.63, 3.8) is 0 Å². The molecule has 2 rings (SSSR count). The molecule has 0 radical (unpaired) electrons. The van der Waals surface area contributed by atoms with Gasteiger partial charge in [-0.05, 0) is 48.9 Å². The highest BCUT2D eigenvalue weighted by Gasteiger charge is 2.13. The molecule has 2 aromatic carbocycles. The summed E-state index contributed by atoms with van der Waals surface area (Å²) in [7, 11) is 1.45. The van der Waals surface area contributed by atoms with Gasteiger partial charge in [0.2, 0.25) is 0 Å². The van der Waals surface area contributed by atoms with Crippen molar-refractivity contribution in [2.75, 3.05) is 19.0 Å². The van der Waals surface area contributed by atoms with Gasteiger partial charge in [-0.3, -0.25) is 9.59 Å². The van der Waals surface area contributed by atoms with Crippen LogP contribution in [0.5, 0.6) is 11.5 Å². The summed E-state index contributed by atoms with van der Waals surface area (Å²) in [6.07, 6.45) is 0. The molecule has 0 spiro atoms. The monoisotopic (exact) mass is 392 g/mol. The third kappa shape index (κ3) is 4.48. The first kappa shape index (κ1) is 17.8. The fraction of sp³-hybridized carbons (Fsp3) is 0.176. The van der Waals surface area contributed by atoms with E-state index in [2.05, 4.69) is 21.2 Å². The lowest BCUT2D eigenvalue weighted by Crippen LogP contribution is -2.20. The van der Waals surface area contributed by atoms with Gasteiger partial charge in [-0.2, -0.15) is 0 Å². The standard InChI is InChI=1S/C17H17BrN2O4/c1-10-7-12(18)4-5-13(10)20-17(22)11-3-6-14(15(8-11)23-2)24-9-16(19)21/h3-8H,9H2,1-2H3,(H2,19,21)(H,20,22). The molecule has 0 saturated heterocycles. The van der Waals surface area contributed by atoms with Crippen molar-refractivity contribution in [3.8, 4) is 11.5 Å². The van der Waals surface area contributed by atoms with Crippen LogP contribution in [0, 0.1) is 6.92 Å². The number of primary amides is 1. The van der Waals surface area contributed by atoms with Crippen LogP contribution in [0.15, 0.2) is 40.9 Å². The molecule has 0 atom stereocenters. The number of methoxy groups -OCH3 is 1. The Labute approximate surface area is 148 Å². The minimum atomic E-state index is -0.593. The number of carbonyl (C=O) groups excluding carboxylic acids is 2. The number of halogens is 1. The topological polar surface area (TPSA) is 90.7 Å². The average Bonchev–Trinajstić information content (AvgIpc) is 2.55. The Morgan fingerprint density at radius 2 is 1.92 bits per heavy atom. The summed E-state index contributed by atoms with van der Waals surface area (Å²) in [4.78, 5) is 23.2. The molecule has 2 aromatic rings. The molecule has 7 heteroatoms. The number of nitrogens with one attached hydrogen (secondary N) is 1. The Kier molecular flexibility index (Phi) is 5.81. The van der Waals surface area contributed by atoms with Gasteiger partial charge in [-0.1, -0.05) is 15.9 Å². The summed E-state index contributed by atoms with van der Waals surface area (Å²) >= 11 is 3.38. The number of aryl methyl sites for hydroxylation is 1. The molecule has 0 saturated carbocycles. The van der Waals surface area contributed by atoms with Crippen molar-refractivity contribution in [3.05, 3.63) is 52.0 Å². The van der Waals surface area contributed by atoms with Crippen molar-refractivity contribution in [1.29, 1.82) is 0 Å². The number of benzene rings is 2. The van der Waals surface area contributed by atoms with Crippen LogP contribution in [0.25, 0.3) is 0 Å². The second kappa shape index (κ2) is 7.83. The lowest BCUT2D eigenvalue weighted by molar-refractivity contribution is -0.119. The summed E-state index contributed by atoms with van der Waals surface area (Å²) in [6, 6.07) is 10.3. The zero-order valence-electron chi connectivity index (χ0n) is 13.3. The third-order valence-electron chi connectivity index (χ3n) is 3.23. The maximum absolute atomic E-state index is 12.4. The van der Waals surface area contributed by atoms with E-state index in [9.17, 15) is 9.59 Å². The smallest absolute Gasteiger partial charge is 0.255 e. The molecule has 0 aliphatic rings. The summed E-state index contributed by atoms with van der Waals surface area (Å²) < 4.78 is 11.4. The lowest BCUT2D eigenvalue weighted by Gasteiger charge is -2.12. The summed E-state index contributed by atoms with van der Waals surface area (Å²) in [5.74, 6) is -0.186. The summed E-state index contributed by atoms with van der Waals surface area (Å²) in [6.45, 7) is 1.64. The molecule has 24 heavy (non-hydrogen) atoms. The molecule has 0 aliphatic carbocycles. The number of carbonyl (C=O) groups is 2. The van der Waals surface area contributed by atoms with E-state index in [0.717, 1.165) is 15.7 Å². The number of nitrogens with two attached hydrogens (primary N) is 1. The Morgan fingerprint density at radius 1 is 1.17 bits per heavy atom. The van der Waals surface area contributed by atoms with Gasteiger partial charge >= 0.3 is 0 Å². The molecule has 126 valence electrons. The van der Waals surface area contributed by atoms with Crippen molar-refractivity contribution in [2.45, 2.75) is 6.92 Å². The van der Waals surface area contributed by atoms with Crippen molar-refractivity contribution in [1.82, 2.24) is 0 Å². The van der Waals surface area contributed by atoms with Crippen LogP contribution in [0.4, 0.5) is 5.69 Å². The predicted molar refractivity (Wildman–Crippen MR) is 94.5 cm³/mol. The molecule has 0 bridgehead atoms. The van der Waals surface area contributed by atoms with E-state index < -0.39 is 5.91 Å². The molecular formula is C17H17BrN2O4. The van der Waals surface area contributed by atoms with Crippen molar-refractivity contribution >= 4 is 33.4 Å². The number of hydrogen-bond donors (Lipinski definition) is 2. The molecule has 0 aromatic heterocycles. The van der Waals surface area contributed by atoms with Crippen molar-refractivity contribution in [2.24, 2.45) is 5.73 Å². The maximum atomic E-state index is 12.4. The van der Waals surface area contributed by atoms with Gasteiger partial charge in [0, 0.05) is 15.7 Å². The highest BCUT2D eigenvalue weighted by Crippen LogP contribution is 2.28. The van der Waals surface area contributed by atoms with Crippen LogP contribution in [-0.4, -0.2) is 25.5 Å². The van der Waals surface area contributed by atoms with Gasteiger partial charge in [0.05, 0.1) is 7.11 Å². The second-order valence-electron chi connectivity index (χ2n) is 5.03. The molecule has 3 N–H and O–H groups in total. The number of amides is 2. The SMILES string of the molecule is COc1cc(C(=O)Nc2ccc(Br)cc2C)ccc1OCC(N)=O. The number of ether oxygens (including phenoxy) is 2. The fourth-order valence-electron chi connectivity index (χ4n) is 2.04. The number of anilines is 1. The highest BCUT2D eigenvalue weighted by atomic mass is 79.9. The van der Waals surface area contributed by atoms with Gasteiger partial charge in [-0.15, -0.1) is 0 Å². The van der Waals surface area contributed by atoms with Gasteiger partial charge < -0.3 is 20.5 Å². The zero-order chi connectivity index (χ0) is 17.7. The fourth-order valence-corrected chi connectivity index (χ4v) is 2.51. The van der Waals surface area contributed by atoms with E-state index >= 15 is 0 Å². The third-order valence-corrected chi connectivity index (χ3v) is 3.73. The zero-order valence-corrected chi connectivity index (χ0v) is 14.8. The van der Waals surface area contributed by atoms with Crippen LogP contribution < -0.4 is 20.5 Å². The largest absolute Gasteiger partial charge is 0.493 e. The Morgan fingerprint density at radius 3 is 2.54 bits per heavy atom. The Bertz CT molecular complexity index is 777. The Hall–Kier alpha value is -2.54. The molecule has 0 heterocycles. The van der Waals surface area contributed by atoms with E-state index in [-0.39, 0.29) is 12.5 Å². The summed E-state index contributed by atoms with van der Waals surface area (Å²) in [5.41, 5.74) is 7.11.